The molecule has 0 aliphatic carbocycles. The van der Waals surface area contributed by atoms with Crippen LogP contribution in [0.2, 0.25) is 0 Å². The van der Waals surface area contributed by atoms with Crippen LogP contribution in [0.5, 0.6) is 5.75 Å². The number of nitro groups is 1. The van der Waals surface area contributed by atoms with E-state index >= 15 is 0 Å². The zero-order valence-electron chi connectivity index (χ0n) is 16.8. The van der Waals surface area contributed by atoms with Gasteiger partial charge >= 0.3 is 0 Å². The van der Waals surface area contributed by atoms with Gasteiger partial charge in [0.2, 0.25) is 0 Å². The minimum absolute atomic E-state index is 0.0538. The molecule has 0 saturated carbocycles. The third-order valence-corrected chi connectivity index (χ3v) is 5.46. The maximum absolute atomic E-state index is 12.6. The first-order valence-electron chi connectivity index (χ1n) is 9.94. The van der Waals surface area contributed by atoms with Gasteiger partial charge < -0.3 is 14.5 Å². The van der Waals surface area contributed by atoms with Gasteiger partial charge in [-0.2, -0.15) is 0 Å². The lowest BCUT2D eigenvalue weighted by Crippen LogP contribution is -2.50. The number of hydrogen-bond acceptors (Lipinski definition) is 6. The number of nitrogens with zero attached hydrogens (tertiary/aromatic N) is 3. The van der Waals surface area contributed by atoms with Crippen LogP contribution in [0, 0.1) is 10.1 Å². The topological polar surface area (TPSA) is 93.0 Å². The van der Waals surface area contributed by atoms with Gasteiger partial charge in [-0.05, 0) is 29.0 Å². The summed E-state index contributed by atoms with van der Waals surface area (Å²) in [6.45, 7) is 2.16. The average Bonchev–Trinajstić information content (AvgIpc) is 2.82. The highest BCUT2D eigenvalue weighted by molar-refractivity contribution is 6.00. The fraction of sp³-hybridized carbons (Fsp3) is 0.217. The minimum Gasteiger partial charge on any atom is -0.483 e. The number of piperazine rings is 1. The molecule has 0 N–H and O–H groups in total. The van der Waals surface area contributed by atoms with Crippen molar-refractivity contribution in [3.8, 4) is 5.75 Å². The van der Waals surface area contributed by atoms with Crippen LogP contribution in [0.15, 0.2) is 60.7 Å². The Morgan fingerprint density at radius 2 is 1.71 bits per heavy atom. The summed E-state index contributed by atoms with van der Waals surface area (Å²) in [4.78, 5) is 38.4. The molecule has 0 atom stereocenters. The second-order valence-electron chi connectivity index (χ2n) is 7.25. The van der Waals surface area contributed by atoms with Crippen LogP contribution in [0.3, 0.4) is 0 Å². The van der Waals surface area contributed by atoms with Crippen molar-refractivity contribution < 1.29 is 19.2 Å². The van der Waals surface area contributed by atoms with E-state index in [1.807, 2.05) is 30.3 Å². The first-order valence-corrected chi connectivity index (χ1v) is 9.94. The van der Waals surface area contributed by atoms with E-state index < -0.39 is 4.92 Å². The van der Waals surface area contributed by atoms with E-state index in [4.69, 9.17) is 4.74 Å². The van der Waals surface area contributed by atoms with Gasteiger partial charge in [-0.3, -0.25) is 19.7 Å². The molecule has 8 nitrogen and oxygen atoms in total. The number of hydrogen-bond donors (Lipinski definition) is 0. The molecule has 1 fully saturated rings. The van der Waals surface area contributed by atoms with Crippen LogP contribution in [0.1, 0.15) is 10.4 Å². The Morgan fingerprint density at radius 1 is 1.00 bits per heavy atom. The molecule has 158 valence electrons. The molecular weight excluding hydrogens is 398 g/mol. The lowest BCUT2D eigenvalue weighted by Gasteiger charge is -2.36. The molecular formula is C23H21N3O5. The number of amides is 1. The van der Waals surface area contributed by atoms with E-state index in [2.05, 4.69) is 4.90 Å². The zero-order valence-corrected chi connectivity index (χ0v) is 16.8. The molecule has 4 rings (SSSR count). The first kappa shape index (κ1) is 20.3. The van der Waals surface area contributed by atoms with Crippen molar-refractivity contribution in [1.29, 1.82) is 0 Å². The van der Waals surface area contributed by atoms with Crippen LogP contribution >= 0.6 is 0 Å². The number of anilines is 1. The van der Waals surface area contributed by atoms with Crippen molar-refractivity contribution in [2.75, 3.05) is 37.7 Å². The van der Waals surface area contributed by atoms with E-state index in [0.29, 0.717) is 37.5 Å². The smallest absolute Gasteiger partial charge is 0.269 e. The molecule has 0 bridgehead atoms. The van der Waals surface area contributed by atoms with Gasteiger partial charge in [0.25, 0.3) is 11.6 Å². The highest BCUT2D eigenvalue weighted by Crippen LogP contribution is 2.27. The van der Waals surface area contributed by atoms with Crippen LogP contribution in [-0.2, 0) is 4.79 Å². The van der Waals surface area contributed by atoms with Crippen LogP contribution in [0.25, 0.3) is 10.8 Å². The Hall–Kier alpha value is -3.94. The number of fused-ring (bicyclic) bond motifs is 1. The van der Waals surface area contributed by atoms with Crippen LogP contribution in [-0.4, -0.2) is 54.8 Å². The maximum atomic E-state index is 12.6. The summed E-state index contributed by atoms with van der Waals surface area (Å²) in [7, 11) is 0. The number of nitro benzene ring substituents is 1. The molecule has 3 aromatic carbocycles. The molecule has 1 amide bonds. The SMILES string of the molecule is O=Cc1c(OCC(=O)N2CCN(c3ccc([N+](=O)[O-])cc3)CC2)ccc2ccccc12. The normalized spacial score (nSPS) is 13.8. The van der Waals surface area contributed by atoms with Crippen molar-refractivity contribution in [3.05, 3.63) is 76.3 Å². The van der Waals surface area contributed by atoms with Crippen LogP contribution < -0.4 is 9.64 Å². The van der Waals surface area contributed by atoms with Crippen molar-refractivity contribution in [2.45, 2.75) is 0 Å². The molecule has 1 aliphatic rings. The summed E-state index contributed by atoms with van der Waals surface area (Å²) >= 11 is 0. The van der Waals surface area contributed by atoms with Crippen molar-refractivity contribution in [1.82, 2.24) is 4.90 Å². The van der Waals surface area contributed by atoms with E-state index in [0.717, 1.165) is 22.7 Å². The summed E-state index contributed by atoms with van der Waals surface area (Å²) in [5, 5.41) is 12.5. The summed E-state index contributed by atoms with van der Waals surface area (Å²) in [5.41, 5.74) is 1.38. The van der Waals surface area contributed by atoms with Gasteiger partial charge in [-0.1, -0.05) is 30.3 Å². The van der Waals surface area contributed by atoms with Gasteiger partial charge in [0, 0.05) is 44.0 Å². The molecule has 1 saturated heterocycles. The van der Waals surface area contributed by atoms with Gasteiger partial charge in [-0.25, -0.2) is 0 Å². The molecule has 0 spiro atoms. The Morgan fingerprint density at radius 3 is 2.39 bits per heavy atom. The monoisotopic (exact) mass is 419 g/mol. The molecule has 0 radical (unpaired) electrons. The summed E-state index contributed by atoms with van der Waals surface area (Å²) in [5.74, 6) is 0.250. The highest BCUT2D eigenvalue weighted by Gasteiger charge is 2.22. The first-order chi connectivity index (χ1) is 15.1. The lowest BCUT2D eigenvalue weighted by atomic mass is 10.0. The van der Waals surface area contributed by atoms with Crippen molar-refractivity contribution >= 4 is 34.3 Å². The Labute approximate surface area is 178 Å². The Balaban J connectivity index is 1.35. The highest BCUT2D eigenvalue weighted by atomic mass is 16.6. The quantitative estimate of drug-likeness (QED) is 0.346. The number of aldehydes is 1. The molecule has 31 heavy (non-hydrogen) atoms. The standard InChI is InChI=1S/C23H21N3O5/c27-15-21-20-4-2-1-3-17(20)5-10-22(21)31-16-23(28)25-13-11-24(12-14-25)18-6-8-19(9-7-18)26(29)30/h1-10,15H,11-14,16H2. The van der Waals surface area contributed by atoms with E-state index in [1.54, 1.807) is 23.1 Å². The maximum Gasteiger partial charge on any atom is 0.269 e. The lowest BCUT2D eigenvalue weighted by molar-refractivity contribution is -0.384. The predicted octanol–water partition coefficient (Wildman–Crippen LogP) is 3.29. The van der Waals surface area contributed by atoms with Gasteiger partial charge in [-0.15, -0.1) is 0 Å². The molecule has 0 aromatic heterocycles. The summed E-state index contributed by atoms with van der Waals surface area (Å²) < 4.78 is 5.70. The third kappa shape index (κ3) is 4.32. The van der Waals surface area contributed by atoms with E-state index in [1.165, 1.54) is 12.1 Å². The summed E-state index contributed by atoms with van der Waals surface area (Å²) in [6, 6.07) is 17.5. The fourth-order valence-electron chi connectivity index (χ4n) is 3.75. The number of non-ortho nitro benzene ring substituents is 1. The van der Waals surface area contributed by atoms with Crippen molar-refractivity contribution in [3.63, 3.8) is 0 Å². The van der Waals surface area contributed by atoms with Crippen molar-refractivity contribution in [2.24, 2.45) is 0 Å². The largest absolute Gasteiger partial charge is 0.483 e. The van der Waals surface area contributed by atoms with E-state index in [-0.39, 0.29) is 18.2 Å². The Bertz CT molecular complexity index is 1120. The Kier molecular flexibility index (Phi) is 5.79. The molecule has 1 heterocycles. The second kappa shape index (κ2) is 8.83. The minimum atomic E-state index is -0.425. The third-order valence-electron chi connectivity index (χ3n) is 5.46. The van der Waals surface area contributed by atoms with Gasteiger partial charge in [0.05, 0.1) is 10.5 Å². The number of benzene rings is 3. The zero-order chi connectivity index (χ0) is 21.8. The predicted molar refractivity (Wildman–Crippen MR) is 117 cm³/mol. The second-order valence-corrected chi connectivity index (χ2v) is 7.25. The number of carbonyl (C=O) groups is 2. The summed E-state index contributed by atoms with van der Waals surface area (Å²) in [6.07, 6.45) is 0.755. The molecule has 3 aromatic rings. The molecule has 1 aliphatic heterocycles. The number of ether oxygens (including phenoxy) is 1. The fourth-order valence-corrected chi connectivity index (χ4v) is 3.75. The molecule has 0 unspecified atom stereocenters. The number of rotatable bonds is 6. The average molecular weight is 419 g/mol. The molecule has 8 heteroatoms. The number of carbonyl (C=O) groups excluding carboxylic acids is 2. The van der Waals surface area contributed by atoms with E-state index in [9.17, 15) is 19.7 Å². The van der Waals surface area contributed by atoms with Crippen LogP contribution in [0.4, 0.5) is 11.4 Å². The van der Waals surface area contributed by atoms with Gasteiger partial charge in [0.15, 0.2) is 12.9 Å². The van der Waals surface area contributed by atoms with Gasteiger partial charge in [0.1, 0.15) is 5.75 Å².